The number of nitro benzene ring substituents is 1. The maximum absolute atomic E-state index is 12.8. The Morgan fingerprint density at radius 2 is 1.92 bits per heavy atom. The summed E-state index contributed by atoms with van der Waals surface area (Å²) in [5, 5.41) is 50.3. The van der Waals surface area contributed by atoms with E-state index >= 15 is 0 Å². The lowest BCUT2D eigenvalue weighted by Gasteiger charge is -2.08. The Morgan fingerprint density at radius 1 is 1.27 bits per heavy atom. The molecule has 11 heteroatoms. The Bertz CT molecular complexity index is 964. The molecule has 2 rings (SSSR count). The van der Waals surface area contributed by atoms with Gasteiger partial charge in [0.05, 0.1) is 16.1 Å². The summed E-state index contributed by atoms with van der Waals surface area (Å²) in [4.78, 5) is 9.84. The summed E-state index contributed by atoms with van der Waals surface area (Å²) in [6, 6.07) is 3.83. The number of hydrogen-bond donors (Lipinski definition) is 2. The number of alkyl halides is 3. The van der Waals surface area contributed by atoms with Gasteiger partial charge in [0.15, 0.2) is 18.1 Å². The molecule has 2 N–H and O–H groups in total. The van der Waals surface area contributed by atoms with E-state index in [2.05, 4.69) is 0 Å². The van der Waals surface area contributed by atoms with Crippen molar-refractivity contribution in [1.82, 2.24) is 0 Å². The number of aromatic nitrogens is 1. The lowest BCUT2D eigenvalue weighted by molar-refractivity contribution is -0.606. The van der Waals surface area contributed by atoms with Crippen molar-refractivity contribution in [3.63, 3.8) is 0 Å². The van der Waals surface area contributed by atoms with Crippen LogP contribution in [0.2, 0.25) is 0 Å². The first kappa shape index (κ1) is 18.5. The van der Waals surface area contributed by atoms with Crippen LogP contribution in [0.1, 0.15) is 16.7 Å². The molecule has 0 amide bonds. The van der Waals surface area contributed by atoms with Crippen molar-refractivity contribution in [1.29, 1.82) is 5.26 Å². The maximum atomic E-state index is 12.8. The number of allylic oxidation sites excluding steroid dienone is 1. The van der Waals surface area contributed by atoms with Crippen molar-refractivity contribution in [2.24, 2.45) is 0 Å². The molecule has 1 heterocycles. The first-order valence-corrected chi connectivity index (χ1v) is 6.66. The number of phenolic OH excluding ortho intramolecular Hbond substituents is 2. The van der Waals surface area contributed by atoms with Crippen LogP contribution in [0.5, 0.6) is 11.5 Å². The van der Waals surface area contributed by atoms with E-state index in [-0.39, 0.29) is 22.1 Å². The number of nitrogens with zero attached hydrogens (tertiary/aromatic N) is 3. The van der Waals surface area contributed by atoms with Crippen LogP contribution < -0.4 is 4.73 Å². The third-order valence-electron chi connectivity index (χ3n) is 3.20. The fraction of sp³-hybridized carbons (Fsp3) is 0.0667. The van der Waals surface area contributed by atoms with Crippen molar-refractivity contribution >= 4 is 17.3 Å². The van der Waals surface area contributed by atoms with Crippen LogP contribution in [0.4, 0.5) is 18.9 Å². The number of phenols is 2. The van der Waals surface area contributed by atoms with Gasteiger partial charge in [0, 0.05) is 6.07 Å². The Hall–Kier alpha value is -3.81. The van der Waals surface area contributed by atoms with E-state index in [9.17, 15) is 44.0 Å². The predicted molar refractivity (Wildman–Crippen MR) is 80.3 cm³/mol. The summed E-state index contributed by atoms with van der Waals surface area (Å²) in [5.41, 5.74) is -3.09. The molecule has 0 aliphatic heterocycles. The van der Waals surface area contributed by atoms with Gasteiger partial charge in [-0.2, -0.15) is 23.2 Å². The minimum atomic E-state index is -4.82. The van der Waals surface area contributed by atoms with Gasteiger partial charge in [0.2, 0.25) is 5.75 Å². The van der Waals surface area contributed by atoms with Gasteiger partial charge in [0.1, 0.15) is 11.6 Å². The second kappa shape index (κ2) is 6.60. The molecular weight excluding hydrogens is 359 g/mol. The lowest BCUT2D eigenvalue weighted by Crippen LogP contribution is -2.28. The molecule has 26 heavy (non-hydrogen) atoms. The normalized spacial score (nSPS) is 11.8. The smallest absolute Gasteiger partial charge is 0.422 e. The number of aromatic hydroxyl groups is 2. The van der Waals surface area contributed by atoms with Gasteiger partial charge < -0.3 is 15.4 Å². The van der Waals surface area contributed by atoms with Gasteiger partial charge in [-0.25, -0.2) is 0 Å². The molecule has 0 fully saturated rings. The molecule has 0 radical (unpaired) electrons. The highest BCUT2D eigenvalue weighted by atomic mass is 19.4. The summed E-state index contributed by atoms with van der Waals surface area (Å²) in [6.45, 7) is 0. The van der Waals surface area contributed by atoms with Crippen LogP contribution >= 0.6 is 0 Å². The minimum Gasteiger partial charge on any atom is -0.619 e. The predicted octanol–water partition coefficient (Wildman–Crippen LogP) is 2.72. The van der Waals surface area contributed by atoms with Crippen LogP contribution in [0.15, 0.2) is 30.6 Å². The number of pyridine rings is 1. The van der Waals surface area contributed by atoms with E-state index in [1.165, 1.54) is 0 Å². The zero-order valence-electron chi connectivity index (χ0n) is 12.6. The highest BCUT2D eigenvalue weighted by Crippen LogP contribution is 2.37. The van der Waals surface area contributed by atoms with E-state index in [4.69, 9.17) is 0 Å². The van der Waals surface area contributed by atoms with Crippen LogP contribution in [0, 0.1) is 26.7 Å². The van der Waals surface area contributed by atoms with Crippen LogP contribution in [0.3, 0.4) is 0 Å². The topological polar surface area (TPSA) is 134 Å². The number of rotatable bonds is 3. The average molecular weight is 367 g/mol. The molecule has 0 saturated carbocycles. The maximum Gasteiger partial charge on any atom is 0.422 e. The Labute approximate surface area is 143 Å². The van der Waals surface area contributed by atoms with E-state index in [0.29, 0.717) is 6.07 Å². The largest absolute Gasteiger partial charge is 0.619 e. The minimum absolute atomic E-state index is 0.125. The molecule has 134 valence electrons. The third-order valence-corrected chi connectivity index (χ3v) is 3.20. The third kappa shape index (κ3) is 3.81. The molecule has 0 spiro atoms. The average Bonchev–Trinajstić information content (AvgIpc) is 2.53. The second-order valence-electron chi connectivity index (χ2n) is 5.01. The van der Waals surface area contributed by atoms with Crippen LogP contribution in [0.25, 0.3) is 11.6 Å². The molecule has 1 aromatic carbocycles. The molecule has 0 aliphatic rings. The van der Waals surface area contributed by atoms with Crippen molar-refractivity contribution in [3.05, 3.63) is 62.6 Å². The Kier molecular flexibility index (Phi) is 4.70. The lowest BCUT2D eigenvalue weighted by atomic mass is 10.0. The summed E-state index contributed by atoms with van der Waals surface area (Å²) in [7, 11) is 0. The Morgan fingerprint density at radius 3 is 2.46 bits per heavy atom. The first-order chi connectivity index (χ1) is 12.0. The summed E-state index contributed by atoms with van der Waals surface area (Å²) in [5.74, 6) is -1.85. The molecule has 0 atom stereocenters. The number of nitriles is 1. The van der Waals surface area contributed by atoms with E-state index < -0.39 is 39.4 Å². The molecule has 2 aromatic rings. The molecular formula is C15H8F3N3O5. The SMILES string of the molecule is N#C/C(=C\c1cc(O)c(O)c([N+](=O)[O-])c1)c1cc(C(F)(F)F)c[n+]([O-])c1. The molecule has 0 saturated heterocycles. The standard InChI is InChI=1S/C15H8F3N3O5/c16-15(17,18)11-4-10(6-20(24)7-11)9(5-19)1-8-2-12(21(25)26)14(23)13(22)3-8/h1-4,6-7,22-23H/b9-1+. The molecule has 8 nitrogen and oxygen atoms in total. The van der Waals surface area contributed by atoms with Gasteiger partial charge in [-0.3, -0.25) is 10.1 Å². The summed E-state index contributed by atoms with van der Waals surface area (Å²) < 4.78 is 38.2. The zero-order valence-corrected chi connectivity index (χ0v) is 12.6. The number of benzene rings is 1. The van der Waals surface area contributed by atoms with E-state index in [0.717, 1.165) is 24.4 Å². The van der Waals surface area contributed by atoms with Gasteiger partial charge in [0.25, 0.3) is 0 Å². The van der Waals surface area contributed by atoms with Crippen molar-refractivity contribution in [2.75, 3.05) is 0 Å². The number of nitro groups is 1. The Balaban J connectivity index is 2.62. The second-order valence-corrected chi connectivity index (χ2v) is 5.01. The highest BCUT2D eigenvalue weighted by Gasteiger charge is 2.34. The van der Waals surface area contributed by atoms with Crippen molar-refractivity contribution in [3.8, 4) is 17.6 Å². The fourth-order valence-electron chi connectivity index (χ4n) is 2.05. The molecule has 0 unspecified atom stereocenters. The van der Waals surface area contributed by atoms with Crippen LogP contribution in [-0.2, 0) is 6.18 Å². The molecule has 0 aliphatic carbocycles. The molecule has 1 aromatic heterocycles. The summed E-state index contributed by atoms with van der Waals surface area (Å²) in [6.07, 6.45) is -2.88. The van der Waals surface area contributed by atoms with Gasteiger partial charge in [-0.1, -0.05) is 0 Å². The van der Waals surface area contributed by atoms with E-state index in [1.54, 1.807) is 6.07 Å². The van der Waals surface area contributed by atoms with Crippen molar-refractivity contribution in [2.45, 2.75) is 6.18 Å². The van der Waals surface area contributed by atoms with Gasteiger partial charge >= 0.3 is 11.9 Å². The van der Waals surface area contributed by atoms with Crippen LogP contribution in [-0.4, -0.2) is 15.1 Å². The quantitative estimate of drug-likeness (QED) is 0.214. The number of hydrogen-bond acceptors (Lipinski definition) is 6. The highest BCUT2D eigenvalue weighted by molar-refractivity contribution is 5.90. The summed E-state index contributed by atoms with van der Waals surface area (Å²) >= 11 is 0. The molecule has 0 bridgehead atoms. The van der Waals surface area contributed by atoms with E-state index in [1.807, 2.05) is 0 Å². The van der Waals surface area contributed by atoms with Crippen molar-refractivity contribution < 1.29 is 33.0 Å². The first-order valence-electron chi connectivity index (χ1n) is 6.66. The van der Waals surface area contributed by atoms with Gasteiger partial charge in [-0.15, -0.1) is 0 Å². The number of halogens is 3. The monoisotopic (exact) mass is 367 g/mol. The van der Waals surface area contributed by atoms with Gasteiger partial charge in [-0.05, 0) is 23.8 Å². The fourth-order valence-corrected chi connectivity index (χ4v) is 2.05. The zero-order chi connectivity index (χ0) is 19.6.